The van der Waals surface area contributed by atoms with Crippen molar-refractivity contribution >= 4 is 23.3 Å². The first-order chi connectivity index (χ1) is 17.5. The average molecular weight is 528 g/mol. The summed E-state index contributed by atoms with van der Waals surface area (Å²) < 4.78 is 14.3. The van der Waals surface area contributed by atoms with Gasteiger partial charge in [0.15, 0.2) is 5.90 Å². The Balaban J connectivity index is 1.95. The van der Waals surface area contributed by atoms with Gasteiger partial charge < -0.3 is 14.6 Å². The fourth-order valence-electron chi connectivity index (χ4n) is 4.03. The minimum atomic E-state index is -0.598. The maximum absolute atomic E-state index is 12.8. The van der Waals surface area contributed by atoms with Crippen LogP contribution in [0.5, 0.6) is 5.75 Å². The molecule has 9 heteroatoms. The molecular formula is C28H34ClN3O5. The smallest absolute Gasteiger partial charge is 0.332 e. The summed E-state index contributed by atoms with van der Waals surface area (Å²) >= 11 is 6.06. The van der Waals surface area contributed by atoms with E-state index in [9.17, 15) is 14.7 Å². The number of benzene rings is 2. The van der Waals surface area contributed by atoms with E-state index in [0.717, 1.165) is 21.4 Å². The molecule has 0 amide bonds. The first kappa shape index (κ1) is 28.2. The van der Waals surface area contributed by atoms with Crippen molar-refractivity contribution in [2.24, 2.45) is 17.5 Å². The third kappa shape index (κ3) is 7.11. The molecule has 0 fully saturated rings. The van der Waals surface area contributed by atoms with Crippen molar-refractivity contribution in [2.45, 2.75) is 40.7 Å². The number of halogens is 1. The first-order valence-electron chi connectivity index (χ1n) is 12.1. The predicted octanol–water partition coefficient (Wildman–Crippen LogP) is 4.20. The number of nitrogens with zero attached hydrogens (tertiary/aromatic N) is 3. The maximum Gasteiger partial charge on any atom is 0.332 e. The van der Waals surface area contributed by atoms with Crippen molar-refractivity contribution in [3.63, 3.8) is 0 Å². The minimum absolute atomic E-state index is 0.0853. The number of hydrogen-bond donors (Lipinski definition) is 1. The summed E-state index contributed by atoms with van der Waals surface area (Å²) in [4.78, 5) is 30.4. The van der Waals surface area contributed by atoms with Gasteiger partial charge in [0.2, 0.25) is 0 Å². The second-order valence-corrected chi connectivity index (χ2v) is 10.0. The molecule has 8 nitrogen and oxygen atoms in total. The monoisotopic (exact) mass is 527 g/mol. The molecule has 0 atom stereocenters. The van der Waals surface area contributed by atoms with Crippen molar-refractivity contribution < 1.29 is 14.6 Å². The summed E-state index contributed by atoms with van der Waals surface area (Å²) in [6.45, 7) is 7.68. The molecule has 0 saturated heterocycles. The molecule has 0 saturated carbocycles. The van der Waals surface area contributed by atoms with Crippen LogP contribution < -0.4 is 16.0 Å². The van der Waals surface area contributed by atoms with Crippen LogP contribution in [0, 0.1) is 19.3 Å². The second-order valence-electron chi connectivity index (χ2n) is 9.59. The Bertz CT molecular complexity index is 1340. The standard InChI is InChI=1S/C28H34ClN3O5/c1-19-7-6-8-23(17-19)36-15-16-37-26(28(3,4)18-21-9-11-22(29)12-10-21)30-24-20(2)25(34)32(13-14-33)27(35)31(24)5/h6-12,17,33H,13-16,18H2,1-5H3. The van der Waals surface area contributed by atoms with E-state index in [4.69, 9.17) is 26.1 Å². The number of rotatable bonds is 10. The van der Waals surface area contributed by atoms with Gasteiger partial charge in [-0.3, -0.25) is 13.9 Å². The number of aliphatic hydroxyl groups is 1. The predicted molar refractivity (Wildman–Crippen MR) is 146 cm³/mol. The molecule has 0 bridgehead atoms. The van der Waals surface area contributed by atoms with E-state index in [0.29, 0.717) is 17.3 Å². The van der Waals surface area contributed by atoms with E-state index in [1.165, 1.54) is 4.57 Å². The molecule has 198 valence electrons. The summed E-state index contributed by atoms with van der Waals surface area (Å²) in [5.74, 6) is 1.32. The largest absolute Gasteiger partial charge is 0.490 e. The Morgan fingerprint density at radius 1 is 1.08 bits per heavy atom. The molecule has 3 aromatic rings. The van der Waals surface area contributed by atoms with Crippen LogP contribution in [-0.2, 0) is 24.8 Å². The highest BCUT2D eigenvalue weighted by Gasteiger charge is 2.29. The van der Waals surface area contributed by atoms with Crippen molar-refractivity contribution in [1.82, 2.24) is 9.13 Å². The lowest BCUT2D eigenvalue weighted by Crippen LogP contribution is -2.41. The molecule has 1 aromatic heterocycles. The van der Waals surface area contributed by atoms with E-state index < -0.39 is 16.7 Å². The molecule has 0 spiro atoms. The highest BCUT2D eigenvalue weighted by atomic mass is 35.5. The third-order valence-electron chi connectivity index (χ3n) is 5.99. The third-order valence-corrected chi connectivity index (χ3v) is 6.24. The minimum Gasteiger partial charge on any atom is -0.490 e. The zero-order chi connectivity index (χ0) is 27.2. The Morgan fingerprint density at radius 2 is 1.78 bits per heavy atom. The quantitative estimate of drug-likeness (QED) is 0.242. The maximum atomic E-state index is 12.8. The van der Waals surface area contributed by atoms with Crippen LogP contribution in [0.4, 0.5) is 5.82 Å². The lowest BCUT2D eigenvalue weighted by Gasteiger charge is -2.27. The Hall–Kier alpha value is -3.36. The van der Waals surface area contributed by atoms with Gasteiger partial charge >= 0.3 is 5.69 Å². The number of hydrogen-bond acceptors (Lipinski definition) is 6. The van der Waals surface area contributed by atoms with Gasteiger partial charge in [0, 0.05) is 17.5 Å². The lowest BCUT2D eigenvalue weighted by molar-refractivity contribution is 0.188. The van der Waals surface area contributed by atoms with Gasteiger partial charge in [0.1, 0.15) is 24.8 Å². The first-order valence-corrected chi connectivity index (χ1v) is 12.5. The van der Waals surface area contributed by atoms with Gasteiger partial charge in [-0.2, -0.15) is 4.99 Å². The average Bonchev–Trinajstić information content (AvgIpc) is 2.85. The molecule has 0 radical (unpaired) electrons. The van der Waals surface area contributed by atoms with E-state index in [2.05, 4.69) is 0 Å². The molecule has 0 aliphatic carbocycles. The Labute approximate surface area is 221 Å². The number of ether oxygens (including phenoxy) is 2. The second kappa shape index (κ2) is 12.3. The van der Waals surface area contributed by atoms with Crippen molar-refractivity contribution in [1.29, 1.82) is 0 Å². The highest BCUT2D eigenvalue weighted by Crippen LogP contribution is 2.28. The molecule has 0 aliphatic rings. The van der Waals surface area contributed by atoms with Crippen LogP contribution in [0.25, 0.3) is 0 Å². The fraction of sp³-hybridized carbons (Fsp3) is 0.393. The Kier molecular flexibility index (Phi) is 9.34. The summed E-state index contributed by atoms with van der Waals surface area (Å²) in [5, 5.41) is 9.92. The van der Waals surface area contributed by atoms with Gasteiger partial charge in [-0.15, -0.1) is 0 Å². The number of aromatic nitrogens is 2. The molecule has 1 heterocycles. The van der Waals surface area contributed by atoms with Crippen LogP contribution in [0.1, 0.15) is 30.5 Å². The Morgan fingerprint density at radius 3 is 2.43 bits per heavy atom. The van der Waals surface area contributed by atoms with Gasteiger partial charge in [-0.05, 0) is 55.7 Å². The van der Waals surface area contributed by atoms with Crippen LogP contribution in [0.15, 0.2) is 63.1 Å². The normalized spacial score (nSPS) is 12.0. The summed E-state index contributed by atoms with van der Waals surface area (Å²) in [6.07, 6.45) is 0.580. The zero-order valence-corrected chi connectivity index (χ0v) is 22.7. The lowest BCUT2D eigenvalue weighted by atomic mass is 9.85. The van der Waals surface area contributed by atoms with Crippen molar-refractivity contribution in [3.05, 3.63) is 91.1 Å². The zero-order valence-electron chi connectivity index (χ0n) is 22.0. The van der Waals surface area contributed by atoms with Crippen LogP contribution >= 0.6 is 11.6 Å². The van der Waals surface area contributed by atoms with Crippen LogP contribution in [-0.4, -0.2) is 40.0 Å². The molecule has 2 aromatic carbocycles. The van der Waals surface area contributed by atoms with Crippen molar-refractivity contribution in [3.8, 4) is 5.75 Å². The van der Waals surface area contributed by atoms with Crippen LogP contribution in [0.2, 0.25) is 5.02 Å². The highest BCUT2D eigenvalue weighted by molar-refractivity contribution is 6.30. The summed E-state index contributed by atoms with van der Waals surface area (Å²) in [7, 11) is 1.55. The van der Waals surface area contributed by atoms with Gasteiger partial charge in [-0.1, -0.05) is 49.7 Å². The molecule has 0 aliphatic heterocycles. The molecular weight excluding hydrogens is 494 g/mol. The van der Waals surface area contributed by atoms with E-state index >= 15 is 0 Å². The number of aryl methyl sites for hydroxylation is 1. The van der Waals surface area contributed by atoms with Gasteiger partial charge in [0.05, 0.1) is 18.7 Å². The molecule has 3 rings (SSSR count). The van der Waals surface area contributed by atoms with Crippen molar-refractivity contribution in [2.75, 3.05) is 19.8 Å². The van der Waals surface area contributed by atoms with E-state index in [1.54, 1.807) is 14.0 Å². The number of aliphatic hydroxyl groups excluding tert-OH is 1. The summed E-state index contributed by atoms with van der Waals surface area (Å²) in [6, 6.07) is 15.3. The van der Waals surface area contributed by atoms with E-state index in [-0.39, 0.29) is 37.7 Å². The van der Waals surface area contributed by atoms with E-state index in [1.807, 2.05) is 69.3 Å². The van der Waals surface area contributed by atoms with Gasteiger partial charge in [0.25, 0.3) is 5.56 Å². The van der Waals surface area contributed by atoms with Gasteiger partial charge in [-0.25, -0.2) is 4.79 Å². The molecule has 0 unspecified atom stereocenters. The summed E-state index contributed by atoms with van der Waals surface area (Å²) in [5.41, 5.74) is 0.770. The molecule has 37 heavy (non-hydrogen) atoms. The number of aliphatic imine (C=N–C) groups is 1. The van der Waals surface area contributed by atoms with Crippen LogP contribution in [0.3, 0.4) is 0 Å². The SMILES string of the molecule is Cc1cccc(OCCOC(=Nc2c(C)c(=O)n(CCO)c(=O)n2C)C(C)(C)Cc2ccc(Cl)cc2)c1. The topological polar surface area (TPSA) is 95.1 Å². The molecule has 1 N–H and O–H groups in total. The fourth-order valence-corrected chi connectivity index (χ4v) is 4.16.